The van der Waals surface area contributed by atoms with E-state index in [1.165, 1.54) is 6.08 Å². The van der Waals surface area contributed by atoms with E-state index in [0.717, 1.165) is 25.7 Å². The van der Waals surface area contributed by atoms with E-state index in [-0.39, 0.29) is 11.3 Å². The molecule has 1 atom stereocenters. The Morgan fingerprint density at radius 2 is 2.10 bits per heavy atom. The number of hydrogen-bond acceptors (Lipinski definition) is 6. The highest BCUT2D eigenvalue weighted by molar-refractivity contribution is 5.98. The van der Waals surface area contributed by atoms with Gasteiger partial charge in [0.1, 0.15) is 22.9 Å². The standard InChI is InChI=1S/C25H26N2O4/c1-3-5-8-17(4-2)16-30-25(29)19(15-26)13-18-11-12-21-23(14-18)31-24(27-21)20-9-6-7-10-22(20)28/h6-7,9-14,17,28H,3-5,8,16H2,1-2H3/b19-13+. The van der Waals surface area contributed by atoms with Crippen molar-refractivity contribution in [1.82, 2.24) is 4.98 Å². The van der Waals surface area contributed by atoms with Gasteiger partial charge in [-0.05, 0) is 48.2 Å². The van der Waals surface area contributed by atoms with Crippen LogP contribution in [0.3, 0.4) is 0 Å². The van der Waals surface area contributed by atoms with Gasteiger partial charge in [0.15, 0.2) is 5.58 Å². The van der Waals surface area contributed by atoms with Crippen molar-refractivity contribution in [3.63, 3.8) is 0 Å². The Morgan fingerprint density at radius 1 is 1.29 bits per heavy atom. The molecule has 1 N–H and O–H groups in total. The van der Waals surface area contributed by atoms with Crippen LogP contribution >= 0.6 is 0 Å². The number of hydrogen-bond donors (Lipinski definition) is 1. The molecule has 0 aliphatic heterocycles. The second-order valence-electron chi connectivity index (χ2n) is 7.45. The maximum atomic E-state index is 12.4. The van der Waals surface area contributed by atoms with Crippen molar-refractivity contribution >= 4 is 23.1 Å². The molecule has 0 bridgehead atoms. The summed E-state index contributed by atoms with van der Waals surface area (Å²) < 4.78 is 11.2. The number of rotatable bonds is 9. The molecule has 0 aliphatic carbocycles. The number of carbonyl (C=O) groups is 1. The van der Waals surface area contributed by atoms with Crippen LogP contribution in [0.5, 0.6) is 5.75 Å². The second kappa shape index (κ2) is 10.4. The first kappa shape index (κ1) is 22.1. The summed E-state index contributed by atoms with van der Waals surface area (Å²) in [4.78, 5) is 16.8. The number of oxazole rings is 1. The molecule has 3 aromatic rings. The first-order valence-corrected chi connectivity index (χ1v) is 10.5. The van der Waals surface area contributed by atoms with Gasteiger partial charge in [0.25, 0.3) is 0 Å². The molecule has 31 heavy (non-hydrogen) atoms. The minimum atomic E-state index is -0.620. The highest BCUT2D eigenvalue weighted by Crippen LogP contribution is 2.31. The lowest BCUT2D eigenvalue weighted by atomic mass is 10.0. The number of aromatic nitrogens is 1. The minimum absolute atomic E-state index is 0.0647. The van der Waals surface area contributed by atoms with Crippen LogP contribution in [0.25, 0.3) is 28.6 Å². The molecule has 0 spiro atoms. The lowest BCUT2D eigenvalue weighted by Crippen LogP contribution is -2.14. The number of nitriles is 1. The molecule has 0 saturated heterocycles. The van der Waals surface area contributed by atoms with Crippen molar-refractivity contribution in [2.75, 3.05) is 6.61 Å². The number of aromatic hydroxyl groups is 1. The zero-order chi connectivity index (χ0) is 22.2. The van der Waals surface area contributed by atoms with E-state index in [1.54, 1.807) is 42.5 Å². The van der Waals surface area contributed by atoms with E-state index in [2.05, 4.69) is 18.8 Å². The molecule has 0 amide bonds. The minimum Gasteiger partial charge on any atom is -0.507 e. The number of nitrogens with zero attached hydrogens (tertiary/aromatic N) is 2. The molecule has 0 aliphatic rings. The molecule has 2 aromatic carbocycles. The van der Waals surface area contributed by atoms with Crippen LogP contribution in [0.2, 0.25) is 0 Å². The smallest absolute Gasteiger partial charge is 0.348 e. The molecule has 0 saturated carbocycles. The van der Waals surface area contributed by atoms with Crippen molar-refractivity contribution < 1.29 is 19.1 Å². The summed E-state index contributed by atoms with van der Waals surface area (Å²) in [7, 11) is 0. The van der Waals surface area contributed by atoms with E-state index in [9.17, 15) is 15.2 Å². The third-order valence-electron chi connectivity index (χ3n) is 5.19. The van der Waals surface area contributed by atoms with Crippen molar-refractivity contribution in [2.24, 2.45) is 5.92 Å². The Labute approximate surface area is 181 Å². The SMILES string of the molecule is CCCCC(CC)COC(=O)/C(C#N)=C/c1ccc2nc(-c3ccccc3O)oc2c1. The number of esters is 1. The lowest BCUT2D eigenvalue weighted by molar-refractivity contribution is -0.139. The predicted molar refractivity (Wildman–Crippen MR) is 119 cm³/mol. The summed E-state index contributed by atoms with van der Waals surface area (Å²) in [6, 6.07) is 13.9. The van der Waals surface area contributed by atoms with Gasteiger partial charge in [-0.3, -0.25) is 0 Å². The molecule has 3 rings (SSSR count). The van der Waals surface area contributed by atoms with Crippen LogP contribution in [-0.4, -0.2) is 22.7 Å². The Balaban J connectivity index is 1.77. The van der Waals surface area contributed by atoms with Gasteiger partial charge < -0.3 is 14.3 Å². The monoisotopic (exact) mass is 418 g/mol. The predicted octanol–water partition coefficient (Wildman–Crippen LogP) is 5.87. The fourth-order valence-corrected chi connectivity index (χ4v) is 3.27. The molecule has 6 heteroatoms. The van der Waals surface area contributed by atoms with Gasteiger partial charge in [-0.2, -0.15) is 5.26 Å². The first-order valence-electron chi connectivity index (χ1n) is 10.5. The van der Waals surface area contributed by atoms with E-state index in [0.29, 0.717) is 40.6 Å². The number of carbonyl (C=O) groups excluding carboxylic acids is 1. The average molecular weight is 418 g/mol. The second-order valence-corrected chi connectivity index (χ2v) is 7.45. The third kappa shape index (κ3) is 5.52. The van der Waals surface area contributed by atoms with Gasteiger partial charge in [0.2, 0.25) is 5.89 Å². The Bertz CT molecular complexity index is 1120. The third-order valence-corrected chi connectivity index (χ3v) is 5.19. The molecule has 6 nitrogen and oxygen atoms in total. The largest absolute Gasteiger partial charge is 0.507 e. The number of para-hydroxylation sites is 1. The van der Waals surface area contributed by atoms with Crippen LogP contribution in [0, 0.1) is 17.2 Å². The maximum absolute atomic E-state index is 12.4. The first-order chi connectivity index (χ1) is 15.0. The number of fused-ring (bicyclic) bond motifs is 1. The number of ether oxygens (including phenoxy) is 1. The molecule has 0 radical (unpaired) electrons. The number of phenols is 1. The topological polar surface area (TPSA) is 96.4 Å². The number of phenolic OH excluding ortho intramolecular Hbond substituents is 1. The molecule has 0 fully saturated rings. The summed E-state index contributed by atoms with van der Waals surface area (Å²) in [6.45, 7) is 4.52. The van der Waals surface area contributed by atoms with Crippen LogP contribution in [0.4, 0.5) is 0 Å². The van der Waals surface area contributed by atoms with Gasteiger partial charge >= 0.3 is 5.97 Å². The van der Waals surface area contributed by atoms with Crippen molar-refractivity contribution in [3.8, 4) is 23.3 Å². The molecular formula is C25H26N2O4. The van der Waals surface area contributed by atoms with Gasteiger partial charge in [0.05, 0.1) is 12.2 Å². The molecule has 1 heterocycles. The Kier molecular flexibility index (Phi) is 7.45. The quantitative estimate of drug-likeness (QED) is 0.265. The Hall–Kier alpha value is -3.59. The molecule has 1 unspecified atom stereocenters. The van der Waals surface area contributed by atoms with E-state index >= 15 is 0 Å². The lowest BCUT2D eigenvalue weighted by Gasteiger charge is -2.14. The van der Waals surface area contributed by atoms with Gasteiger partial charge in [-0.1, -0.05) is 51.3 Å². The highest BCUT2D eigenvalue weighted by atomic mass is 16.5. The van der Waals surface area contributed by atoms with E-state index < -0.39 is 5.97 Å². The van der Waals surface area contributed by atoms with Crippen molar-refractivity contribution in [1.29, 1.82) is 5.26 Å². The van der Waals surface area contributed by atoms with Gasteiger partial charge in [-0.25, -0.2) is 9.78 Å². The number of benzene rings is 2. The summed E-state index contributed by atoms with van der Waals surface area (Å²) in [5.74, 6) is 0.0621. The summed E-state index contributed by atoms with van der Waals surface area (Å²) >= 11 is 0. The average Bonchev–Trinajstić information content (AvgIpc) is 3.20. The van der Waals surface area contributed by atoms with E-state index in [4.69, 9.17) is 9.15 Å². The van der Waals surface area contributed by atoms with E-state index in [1.807, 2.05) is 6.07 Å². The van der Waals surface area contributed by atoms with Crippen LogP contribution in [-0.2, 0) is 9.53 Å². The molecular weight excluding hydrogens is 392 g/mol. The van der Waals surface area contributed by atoms with Crippen molar-refractivity contribution in [2.45, 2.75) is 39.5 Å². The maximum Gasteiger partial charge on any atom is 0.348 e. The van der Waals surface area contributed by atoms with Crippen LogP contribution in [0.15, 0.2) is 52.5 Å². The zero-order valence-electron chi connectivity index (χ0n) is 17.8. The fourth-order valence-electron chi connectivity index (χ4n) is 3.27. The fraction of sp³-hybridized carbons (Fsp3) is 0.320. The van der Waals surface area contributed by atoms with Crippen molar-refractivity contribution in [3.05, 3.63) is 53.6 Å². The van der Waals surface area contributed by atoms with Crippen LogP contribution < -0.4 is 0 Å². The van der Waals surface area contributed by atoms with Crippen LogP contribution in [0.1, 0.15) is 45.1 Å². The zero-order valence-corrected chi connectivity index (χ0v) is 17.8. The summed E-state index contributed by atoms with van der Waals surface area (Å²) in [6.07, 6.45) is 5.62. The Morgan fingerprint density at radius 3 is 2.81 bits per heavy atom. The summed E-state index contributed by atoms with van der Waals surface area (Å²) in [5.41, 5.74) is 2.15. The molecule has 1 aromatic heterocycles. The number of unbranched alkanes of at least 4 members (excludes halogenated alkanes) is 1. The van der Waals surface area contributed by atoms with Gasteiger partial charge in [-0.15, -0.1) is 0 Å². The summed E-state index contributed by atoms with van der Waals surface area (Å²) in [5, 5.41) is 19.4. The van der Waals surface area contributed by atoms with Gasteiger partial charge in [0, 0.05) is 0 Å². The highest BCUT2D eigenvalue weighted by Gasteiger charge is 2.15. The normalized spacial score (nSPS) is 12.5. The molecule has 160 valence electrons.